The van der Waals surface area contributed by atoms with E-state index in [1.165, 1.54) is 18.2 Å². The van der Waals surface area contributed by atoms with E-state index in [-0.39, 0.29) is 16.7 Å². The van der Waals surface area contributed by atoms with Crippen molar-refractivity contribution in [3.63, 3.8) is 0 Å². The molecule has 2 aromatic rings. The molecule has 3 rings (SSSR count). The number of fused-ring (bicyclic) bond motifs is 1. The molecular weight excluding hydrogens is 293 g/mol. The lowest BCUT2D eigenvalue weighted by Crippen LogP contribution is -2.30. The van der Waals surface area contributed by atoms with Crippen LogP contribution in [0.4, 0.5) is 4.39 Å². The lowest BCUT2D eigenvalue weighted by Gasteiger charge is -2.26. The number of hydrogen-bond acceptors (Lipinski definition) is 4. The predicted octanol–water partition coefficient (Wildman–Crippen LogP) is 1.57. The van der Waals surface area contributed by atoms with Gasteiger partial charge in [-0.3, -0.25) is 0 Å². The molecule has 1 unspecified atom stereocenters. The number of aromatic nitrogens is 2. The van der Waals surface area contributed by atoms with Crippen LogP contribution >= 0.6 is 0 Å². The standard InChI is InChI=1S/C14H16FN3O2S/c1-18-6-5-16-14(18)9-17-12-4-7-21(19,20)13-3-2-10(15)8-11(12)13/h2-3,5-6,8,12,17H,4,7,9H2,1H3. The highest BCUT2D eigenvalue weighted by Crippen LogP contribution is 2.32. The first-order chi connectivity index (χ1) is 9.97. The smallest absolute Gasteiger partial charge is 0.178 e. The Morgan fingerprint density at radius 2 is 2.29 bits per heavy atom. The minimum atomic E-state index is -3.30. The SMILES string of the molecule is Cn1ccnc1CNC1CCS(=O)(=O)c2ccc(F)cc21. The number of imidazole rings is 1. The number of aryl methyl sites for hydroxylation is 1. The first-order valence-electron chi connectivity index (χ1n) is 6.69. The molecule has 2 heterocycles. The van der Waals surface area contributed by atoms with Crippen molar-refractivity contribution in [1.29, 1.82) is 0 Å². The molecule has 0 aliphatic carbocycles. The Labute approximate surface area is 122 Å². The summed E-state index contributed by atoms with van der Waals surface area (Å²) in [6.07, 6.45) is 3.98. The fourth-order valence-electron chi connectivity index (χ4n) is 2.61. The van der Waals surface area contributed by atoms with Crippen LogP contribution in [-0.2, 0) is 23.4 Å². The first-order valence-corrected chi connectivity index (χ1v) is 8.34. The van der Waals surface area contributed by atoms with Crippen molar-refractivity contribution in [2.24, 2.45) is 7.05 Å². The monoisotopic (exact) mass is 309 g/mol. The molecule has 0 bridgehead atoms. The number of rotatable bonds is 3. The number of sulfone groups is 1. The van der Waals surface area contributed by atoms with Gasteiger partial charge in [-0.1, -0.05) is 0 Å². The maximum absolute atomic E-state index is 13.5. The number of nitrogens with one attached hydrogen (secondary N) is 1. The maximum atomic E-state index is 13.5. The highest BCUT2D eigenvalue weighted by atomic mass is 32.2. The molecule has 5 nitrogen and oxygen atoms in total. The molecule has 1 N–H and O–H groups in total. The topological polar surface area (TPSA) is 64.0 Å². The zero-order valence-electron chi connectivity index (χ0n) is 11.6. The summed E-state index contributed by atoms with van der Waals surface area (Å²) in [7, 11) is -1.41. The zero-order chi connectivity index (χ0) is 15.0. The zero-order valence-corrected chi connectivity index (χ0v) is 12.4. The van der Waals surface area contributed by atoms with E-state index < -0.39 is 15.7 Å². The van der Waals surface area contributed by atoms with Crippen molar-refractivity contribution in [2.45, 2.75) is 23.9 Å². The minimum absolute atomic E-state index is 0.0733. The number of halogens is 1. The Hall–Kier alpha value is -1.73. The van der Waals surface area contributed by atoms with E-state index in [2.05, 4.69) is 10.3 Å². The van der Waals surface area contributed by atoms with Gasteiger partial charge in [-0.25, -0.2) is 17.8 Å². The van der Waals surface area contributed by atoms with E-state index >= 15 is 0 Å². The molecule has 0 spiro atoms. The quantitative estimate of drug-likeness (QED) is 0.874. The summed E-state index contributed by atoms with van der Waals surface area (Å²) >= 11 is 0. The fourth-order valence-corrected chi connectivity index (χ4v) is 4.21. The van der Waals surface area contributed by atoms with Gasteiger partial charge >= 0.3 is 0 Å². The lowest BCUT2D eigenvalue weighted by molar-refractivity contribution is 0.476. The summed E-state index contributed by atoms with van der Waals surface area (Å²) < 4.78 is 39.4. The van der Waals surface area contributed by atoms with Crippen molar-refractivity contribution >= 4 is 9.84 Å². The molecule has 21 heavy (non-hydrogen) atoms. The molecule has 1 aromatic heterocycles. The van der Waals surface area contributed by atoms with E-state index in [4.69, 9.17) is 0 Å². The van der Waals surface area contributed by atoms with Crippen molar-refractivity contribution in [3.05, 3.63) is 47.8 Å². The van der Waals surface area contributed by atoms with Gasteiger partial charge in [0.15, 0.2) is 9.84 Å². The lowest BCUT2D eigenvalue weighted by atomic mass is 10.0. The van der Waals surface area contributed by atoms with Crippen LogP contribution < -0.4 is 5.32 Å². The summed E-state index contributed by atoms with van der Waals surface area (Å²) in [6, 6.07) is 3.67. The third kappa shape index (κ3) is 2.71. The Morgan fingerprint density at radius 1 is 1.48 bits per heavy atom. The van der Waals surface area contributed by atoms with E-state index in [9.17, 15) is 12.8 Å². The predicted molar refractivity (Wildman–Crippen MR) is 75.9 cm³/mol. The van der Waals surface area contributed by atoms with Crippen LogP contribution in [0.3, 0.4) is 0 Å². The Morgan fingerprint density at radius 3 is 3.00 bits per heavy atom. The molecule has 7 heteroatoms. The van der Waals surface area contributed by atoms with Crippen LogP contribution in [0, 0.1) is 5.82 Å². The third-order valence-electron chi connectivity index (χ3n) is 3.79. The van der Waals surface area contributed by atoms with Crippen LogP contribution in [0.15, 0.2) is 35.5 Å². The van der Waals surface area contributed by atoms with Crippen molar-refractivity contribution in [3.8, 4) is 0 Å². The molecule has 0 saturated heterocycles. The molecular formula is C14H16FN3O2S. The molecule has 1 atom stereocenters. The summed E-state index contributed by atoms with van der Waals surface area (Å²) in [5, 5.41) is 3.27. The molecule has 0 saturated carbocycles. The average Bonchev–Trinajstić information content (AvgIpc) is 2.83. The van der Waals surface area contributed by atoms with Gasteiger partial charge in [0.1, 0.15) is 11.6 Å². The highest BCUT2D eigenvalue weighted by Gasteiger charge is 2.30. The highest BCUT2D eigenvalue weighted by molar-refractivity contribution is 7.91. The maximum Gasteiger partial charge on any atom is 0.178 e. The molecule has 0 fully saturated rings. The first kappa shape index (κ1) is 14.2. The van der Waals surface area contributed by atoms with Gasteiger partial charge in [-0.05, 0) is 30.2 Å². The van der Waals surface area contributed by atoms with Gasteiger partial charge in [0.2, 0.25) is 0 Å². The Kier molecular flexibility index (Phi) is 3.54. The van der Waals surface area contributed by atoms with Crippen LogP contribution in [0.25, 0.3) is 0 Å². The average molecular weight is 309 g/mol. The Balaban J connectivity index is 1.88. The molecule has 1 aromatic carbocycles. The largest absolute Gasteiger partial charge is 0.337 e. The second-order valence-electron chi connectivity index (χ2n) is 5.18. The molecule has 1 aliphatic rings. The molecule has 1 aliphatic heterocycles. The number of hydrogen-bond donors (Lipinski definition) is 1. The van der Waals surface area contributed by atoms with Crippen LogP contribution in [0.5, 0.6) is 0 Å². The van der Waals surface area contributed by atoms with E-state index in [1.54, 1.807) is 6.20 Å². The molecule has 112 valence electrons. The van der Waals surface area contributed by atoms with Gasteiger partial charge in [0.05, 0.1) is 17.2 Å². The normalized spacial score (nSPS) is 20.2. The van der Waals surface area contributed by atoms with Gasteiger partial charge in [-0.2, -0.15) is 0 Å². The van der Waals surface area contributed by atoms with Crippen molar-refractivity contribution in [1.82, 2.24) is 14.9 Å². The summed E-state index contributed by atoms with van der Waals surface area (Å²) in [6.45, 7) is 0.504. The summed E-state index contributed by atoms with van der Waals surface area (Å²) in [4.78, 5) is 4.44. The Bertz CT molecular complexity index is 770. The van der Waals surface area contributed by atoms with Gasteiger partial charge < -0.3 is 9.88 Å². The molecule has 0 amide bonds. The van der Waals surface area contributed by atoms with Gasteiger partial charge in [0.25, 0.3) is 0 Å². The second kappa shape index (κ2) is 5.23. The van der Waals surface area contributed by atoms with Crippen LogP contribution in [-0.4, -0.2) is 23.7 Å². The van der Waals surface area contributed by atoms with Crippen molar-refractivity contribution < 1.29 is 12.8 Å². The van der Waals surface area contributed by atoms with Crippen LogP contribution in [0.2, 0.25) is 0 Å². The van der Waals surface area contributed by atoms with E-state index in [0.717, 1.165) is 5.82 Å². The van der Waals surface area contributed by atoms with E-state index in [1.807, 2.05) is 17.8 Å². The van der Waals surface area contributed by atoms with Crippen molar-refractivity contribution in [2.75, 3.05) is 5.75 Å². The number of benzene rings is 1. The van der Waals surface area contributed by atoms with Gasteiger partial charge in [-0.15, -0.1) is 0 Å². The summed E-state index contributed by atoms with van der Waals surface area (Å²) in [5.74, 6) is 0.500. The van der Waals surface area contributed by atoms with E-state index in [0.29, 0.717) is 18.5 Å². The number of nitrogens with zero attached hydrogens (tertiary/aromatic N) is 2. The molecule has 0 radical (unpaired) electrons. The minimum Gasteiger partial charge on any atom is -0.337 e. The third-order valence-corrected chi connectivity index (χ3v) is 5.60. The second-order valence-corrected chi connectivity index (χ2v) is 7.26. The fraction of sp³-hybridized carbons (Fsp3) is 0.357. The van der Waals surface area contributed by atoms with Crippen LogP contribution in [0.1, 0.15) is 23.9 Å². The van der Waals surface area contributed by atoms with Gasteiger partial charge in [0, 0.05) is 25.5 Å². The summed E-state index contributed by atoms with van der Waals surface area (Å²) in [5.41, 5.74) is 0.510.